The normalized spacial score (nSPS) is 11.8. The summed E-state index contributed by atoms with van der Waals surface area (Å²) in [5.74, 6) is 0.619. The van der Waals surface area contributed by atoms with Crippen molar-refractivity contribution in [3.05, 3.63) is 58.9 Å². The molecule has 0 saturated carbocycles. The van der Waals surface area contributed by atoms with Gasteiger partial charge in [0, 0.05) is 28.7 Å². The molecule has 4 rings (SSSR count). The van der Waals surface area contributed by atoms with Gasteiger partial charge in [0.1, 0.15) is 5.58 Å². The molecule has 4 aromatic rings. The fourth-order valence-corrected chi connectivity index (χ4v) is 3.58. The quantitative estimate of drug-likeness (QED) is 0.446. The lowest BCUT2D eigenvalue weighted by atomic mass is 9.98. The van der Waals surface area contributed by atoms with Gasteiger partial charge >= 0.3 is 0 Å². The lowest BCUT2D eigenvalue weighted by molar-refractivity contribution is 0.644. The first-order valence-corrected chi connectivity index (χ1v) is 9.18. The van der Waals surface area contributed by atoms with Gasteiger partial charge in [-0.15, -0.1) is 0 Å². The van der Waals surface area contributed by atoms with Crippen molar-refractivity contribution < 1.29 is 4.42 Å². The van der Waals surface area contributed by atoms with Crippen LogP contribution in [0.15, 0.2) is 41.1 Å². The van der Waals surface area contributed by atoms with Gasteiger partial charge in [-0.05, 0) is 67.5 Å². The van der Waals surface area contributed by atoms with Crippen LogP contribution in [0.3, 0.4) is 0 Å². The van der Waals surface area contributed by atoms with Gasteiger partial charge in [0.05, 0.1) is 5.69 Å². The monoisotopic (exact) mass is 344 g/mol. The van der Waals surface area contributed by atoms with Crippen LogP contribution in [-0.2, 0) is 6.42 Å². The van der Waals surface area contributed by atoms with Gasteiger partial charge in [-0.1, -0.05) is 26.0 Å². The minimum absolute atomic E-state index is 0.619. The zero-order chi connectivity index (χ0) is 18.4. The van der Waals surface area contributed by atoms with E-state index in [4.69, 9.17) is 4.42 Å². The number of aryl methyl sites for hydroxylation is 3. The van der Waals surface area contributed by atoms with Crippen LogP contribution in [0.1, 0.15) is 36.1 Å². The Morgan fingerprint density at radius 3 is 2.46 bits per heavy atom. The summed E-state index contributed by atoms with van der Waals surface area (Å²) in [4.78, 5) is 9.24. The molecule has 0 fully saturated rings. The van der Waals surface area contributed by atoms with Crippen molar-refractivity contribution in [2.75, 3.05) is 0 Å². The van der Waals surface area contributed by atoms with Gasteiger partial charge < -0.3 is 4.42 Å². The van der Waals surface area contributed by atoms with E-state index in [1.54, 1.807) is 0 Å². The van der Waals surface area contributed by atoms with Crippen molar-refractivity contribution in [2.45, 2.75) is 41.0 Å². The van der Waals surface area contributed by atoms with Crippen molar-refractivity contribution >= 4 is 22.1 Å². The van der Waals surface area contributed by atoms with Gasteiger partial charge in [0.2, 0.25) is 5.71 Å². The Morgan fingerprint density at radius 2 is 1.69 bits per heavy atom. The molecule has 0 saturated heterocycles. The Morgan fingerprint density at radius 1 is 0.923 bits per heavy atom. The highest BCUT2D eigenvalue weighted by atomic mass is 16.3. The fraction of sp³-hybridized carbons (Fsp3) is 0.304. The maximum atomic E-state index is 6.02. The highest BCUT2D eigenvalue weighted by Gasteiger charge is 2.14. The van der Waals surface area contributed by atoms with Gasteiger partial charge in [-0.25, -0.2) is 4.98 Å². The van der Waals surface area contributed by atoms with Crippen molar-refractivity contribution in [3.8, 4) is 11.3 Å². The Labute approximate surface area is 154 Å². The summed E-state index contributed by atoms with van der Waals surface area (Å²) in [7, 11) is 0. The third-order valence-electron chi connectivity index (χ3n) is 5.02. The second kappa shape index (κ2) is 6.24. The number of nitrogens with zero attached hydrogens (tertiary/aromatic N) is 2. The van der Waals surface area contributed by atoms with Gasteiger partial charge in [0.25, 0.3) is 0 Å². The number of benzene rings is 1. The molecule has 26 heavy (non-hydrogen) atoms. The molecule has 3 aromatic heterocycles. The molecule has 3 heterocycles. The third-order valence-corrected chi connectivity index (χ3v) is 5.02. The number of hydrogen-bond donors (Lipinski definition) is 0. The Balaban J connectivity index is 1.90. The summed E-state index contributed by atoms with van der Waals surface area (Å²) in [6.07, 6.45) is 4.90. The molecule has 0 spiro atoms. The molecule has 3 nitrogen and oxygen atoms in total. The van der Waals surface area contributed by atoms with Crippen molar-refractivity contribution in [2.24, 2.45) is 5.92 Å². The minimum Gasteiger partial charge on any atom is -0.437 e. The average molecular weight is 344 g/mol. The zero-order valence-electron chi connectivity index (χ0n) is 16.1. The molecular weight excluding hydrogens is 320 g/mol. The molecule has 0 aliphatic carbocycles. The average Bonchev–Trinajstić information content (AvgIpc) is 3.00. The van der Waals surface area contributed by atoms with E-state index >= 15 is 0 Å². The summed E-state index contributed by atoms with van der Waals surface area (Å²) in [5.41, 5.74) is 8.58. The van der Waals surface area contributed by atoms with E-state index in [2.05, 4.69) is 68.9 Å². The van der Waals surface area contributed by atoms with E-state index in [9.17, 15) is 0 Å². The second-order valence-electron chi connectivity index (χ2n) is 7.68. The topological polar surface area (TPSA) is 38.9 Å². The Kier molecular flexibility index (Phi) is 4.03. The van der Waals surface area contributed by atoms with E-state index in [0.29, 0.717) is 11.6 Å². The maximum Gasteiger partial charge on any atom is 0.227 e. The van der Waals surface area contributed by atoms with Crippen LogP contribution >= 0.6 is 0 Å². The highest BCUT2D eigenvalue weighted by molar-refractivity contribution is 6.07. The number of pyridine rings is 2. The first-order chi connectivity index (χ1) is 12.4. The molecule has 0 aliphatic rings. The second-order valence-corrected chi connectivity index (χ2v) is 7.68. The molecule has 0 radical (unpaired) electrons. The fourth-order valence-electron chi connectivity index (χ4n) is 3.58. The van der Waals surface area contributed by atoms with Crippen molar-refractivity contribution in [3.63, 3.8) is 0 Å². The molecule has 0 atom stereocenters. The molecule has 0 unspecified atom stereocenters. The van der Waals surface area contributed by atoms with Crippen LogP contribution in [0, 0.1) is 26.7 Å². The van der Waals surface area contributed by atoms with Crippen LogP contribution < -0.4 is 0 Å². The summed E-state index contributed by atoms with van der Waals surface area (Å²) >= 11 is 0. The van der Waals surface area contributed by atoms with Crippen LogP contribution in [0.5, 0.6) is 0 Å². The smallest absolute Gasteiger partial charge is 0.227 e. The molecule has 1 aromatic carbocycles. The summed E-state index contributed by atoms with van der Waals surface area (Å²) in [6.45, 7) is 10.8. The van der Waals surface area contributed by atoms with Gasteiger partial charge in [-0.3, -0.25) is 4.98 Å². The molecular formula is C23H24N2O. The molecule has 132 valence electrons. The number of hydrogen-bond acceptors (Lipinski definition) is 3. The van der Waals surface area contributed by atoms with Gasteiger partial charge in [-0.2, -0.15) is 0 Å². The third kappa shape index (κ3) is 2.78. The molecule has 0 N–H and O–H groups in total. The van der Waals surface area contributed by atoms with E-state index in [0.717, 1.165) is 39.6 Å². The molecule has 0 amide bonds. The largest absolute Gasteiger partial charge is 0.437 e. The van der Waals surface area contributed by atoms with Crippen molar-refractivity contribution in [1.29, 1.82) is 0 Å². The number of fused-ring (bicyclic) bond motifs is 3. The SMILES string of the molecule is Cc1cnc(-c2cnc3oc4c(C)ccc(C)c4c3c2)cc1CC(C)C. The zero-order valence-corrected chi connectivity index (χ0v) is 16.1. The first kappa shape index (κ1) is 16.8. The standard InChI is InChI=1S/C23H24N2O/c1-13(2)8-17-10-20(24-11-16(17)5)18-9-19-21-14(3)6-7-15(4)22(21)26-23(19)25-12-18/h6-7,9-13H,8H2,1-5H3. The van der Waals surface area contributed by atoms with Crippen molar-refractivity contribution in [1.82, 2.24) is 9.97 Å². The van der Waals surface area contributed by atoms with Crippen LogP contribution in [0.2, 0.25) is 0 Å². The lowest BCUT2D eigenvalue weighted by Crippen LogP contribution is -1.99. The van der Waals surface area contributed by atoms with Crippen LogP contribution in [0.25, 0.3) is 33.3 Å². The Hall–Kier alpha value is -2.68. The first-order valence-electron chi connectivity index (χ1n) is 9.18. The molecule has 3 heteroatoms. The van der Waals surface area contributed by atoms with E-state index < -0.39 is 0 Å². The van der Waals surface area contributed by atoms with Crippen LogP contribution in [0.4, 0.5) is 0 Å². The highest BCUT2D eigenvalue weighted by Crippen LogP contribution is 2.34. The predicted molar refractivity (Wildman–Crippen MR) is 107 cm³/mol. The van der Waals surface area contributed by atoms with Crippen LogP contribution in [-0.4, -0.2) is 9.97 Å². The molecule has 0 aliphatic heterocycles. The Bertz CT molecular complexity index is 1120. The number of rotatable bonds is 3. The lowest BCUT2D eigenvalue weighted by Gasteiger charge is -2.10. The summed E-state index contributed by atoms with van der Waals surface area (Å²) in [5, 5.41) is 2.22. The number of aromatic nitrogens is 2. The molecule has 0 bridgehead atoms. The van der Waals surface area contributed by atoms with Gasteiger partial charge in [0.15, 0.2) is 0 Å². The van der Waals surface area contributed by atoms with E-state index in [-0.39, 0.29) is 0 Å². The summed E-state index contributed by atoms with van der Waals surface area (Å²) < 4.78 is 6.02. The predicted octanol–water partition coefficient (Wildman–Crippen LogP) is 6.17. The number of furan rings is 1. The van der Waals surface area contributed by atoms with E-state index in [1.165, 1.54) is 16.7 Å². The van der Waals surface area contributed by atoms with E-state index in [1.807, 2.05) is 12.4 Å². The minimum atomic E-state index is 0.619. The maximum absolute atomic E-state index is 6.02. The summed E-state index contributed by atoms with van der Waals surface area (Å²) in [6, 6.07) is 8.61.